The summed E-state index contributed by atoms with van der Waals surface area (Å²) in [5.74, 6) is -2.10. The molecule has 582 valence electrons. The van der Waals surface area contributed by atoms with Crippen LogP contribution in [0.3, 0.4) is 0 Å². The van der Waals surface area contributed by atoms with Gasteiger partial charge in [-0.3, -0.25) is 37.3 Å². The maximum Gasteiger partial charge on any atom is 0.472 e. The molecule has 2 unspecified atom stereocenters. The minimum atomic E-state index is -4.96. The Balaban J connectivity index is 5.25. The van der Waals surface area contributed by atoms with Crippen LogP contribution in [-0.2, 0) is 65.4 Å². The number of phosphoric acid groups is 2. The fourth-order valence-corrected chi connectivity index (χ4v) is 13.9. The number of aliphatic hydroxyl groups is 1. The van der Waals surface area contributed by atoms with E-state index in [0.29, 0.717) is 25.7 Å². The second kappa shape index (κ2) is 73.4. The number of unbranched alkanes of at least 4 members (excludes halogenated alkanes) is 54. The van der Waals surface area contributed by atoms with Gasteiger partial charge in [-0.25, -0.2) is 9.13 Å². The van der Waals surface area contributed by atoms with E-state index in [-0.39, 0.29) is 25.7 Å². The van der Waals surface area contributed by atoms with Crippen LogP contribution < -0.4 is 0 Å². The standard InChI is InChI=1S/C79H154O17P2/c1-5-9-13-17-21-25-29-33-35-36-38-41-44-48-52-56-60-64-77(82)90-70-75(96-79(84)66-62-58-54-50-46-42-37-34-30-26-22-18-14-10-6-2)72-94-98(87,88)92-68-73(80)67-91-97(85,86)93-71-74(95-78(83)65-61-57-53-49-45-40-32-28-24-20-16-12-8-4)69-89-76(81)63-59-55-51-47-43-39-31-27-23-19-15-11-7-3/h73-75,80H,5-72H2,1-4H3,(H,85,86)(H,87,88)/t73-,74-,75-/m1/s1. The third-order valence-electron chi connectivity index (χ3n) is 18.6. The molecule has 0 aliphatic carbocycles. The lowest BCUT2D eigenvalue weighted by atomic mass is 10.0. The summed E-state index contributed by atoms with van der Waals surface area (Å²) in [6, 6.07) is 0. The van der Waals surface area contributed by atoms with Crippen molar-refractivity contribution < 1.29 is 80.2 Å². The summed E-state index contributed by atoms with van der Waals surface area (Å²) in [5, 5.41) is 10.6. The van der Waals surface area contributed by atoms with Gasteiger partial charge in [0.05, 0.1) is 26.4 Å². The average Bonchev–Trinajstić information content (AvgIpc) is 1.05. The predicted molar refractivity (Wildman–Crippen MR) is 400 cm³/mol. The predicted octanol–water partition coefficient (Wildman–Crippen LogP) is 23.8. The fourth-order valence-electron chi connectivity index (χ4n) is 12.3. The van der Waals surface area contributed by atoms with Crippen LogP contribution in [0.15, 0.2) is 0 Å². The first kappa shape index (κ1) is 96.1. The molecule has 0 heterocycles. The van der Waals surface area contributed by atoms with Crippen LogP contribution in [0.25, 0.3) is 0 Å². The number of phosphoric ester groups is 2. The van der Waals surface area contributed by atoms with Crippen LogP contribution in [0.1, 0.15) is 426 Å². The van der Waals surface area contributed by atoms with Crippen LogP contribution in [-0.4, -0.2) is 96.7 Å². The van der Waals surface area contributed by atoms with Crippen LogP contribution in [0.2, 0.25) is 0 Å². The second-order valence-corrected chi connectivity index (χ2v) is 31.4. The molecule has 0 radical (unpaired) electrons. The highest BCUT2D eigenvalue weighted by Gasteiger charge is 2.30. The smallest absolute Gasteiger partial charge is 0.462 e. The van der Waals surface area contributed by atoms with Crippen molar-refractivity contribution in [2.45, 2.75) is 444 Å². The molecule has 0 bridgehead atoms. The van der Waals surface area contributed by atoms with Gasteiger partial charge in [0.2, 0.25) is 0 Å². The Kier molecular flexibility index (Phi) is 71.9. The van der Waals surface area contributed by atoms with Gasteiger partial charge in [0.1, 0.15) is 19.3 Å². The van der Waals surface area contributed by atoms with Crippen molar-refractivity contribution in [3.05, 3.63) is 0 Å². The van der Waals surface area contributed by atoms with Gasteiger partial charge in [0, 0.05) is 25.7 Å². The number of hydrogen-bond acceptors (Lipinski definition) is 15. The zero-order valence-electron chi connectivity index (χ0n) is 63.8. The molecule has 0 aliphatic rings. The van der Waals surface area contributed by atoms with E-state index in [4.69, 9.17) is 37.0 Å². The number of esters is 4. The fraction of sp³-hybridized carbons (Fsp3) is 0.949. The zero-order valence-corrected chi connectivity index (χ0v) is 65.6. The SMILES string of the molecule is CCCCCCCCCCCCCCCCCCCC(=O)OC[C@H](COP(=O)(O)OC[C@H](O)COP(=O)(O)OC[C@@H](COC(=O)CCCCCCCCCCCCCCC)OC(=O)CCCCCCCCCCCCCCC)OC(=O)CCCCCCCCCCCCCCCCC. The quantitative estimate of drug-likeness (QED) is 0.0222. The number of hydrogen-bond donors (Lipinski definition) is 3. The Bertz CT molecular complexity index is 1860. The van der Waals surface area contributed by atoms with E-state index in [1.54, 1.807) is 0 Å². The minimum absolute atomic E-state index is 0.109. The highest BCUT2D eigenvalue weighted by Crippen LogP contribution is 2.45. The Morgan fingerprint density at radius 3 is 0.602 bits per heavy atom. The molecule has 0 saturated heterocycles. The maximum absolute atomic E-state index is 13.1. The number of aliphatic hydroxyl groups excluding tert-OH is 1. The van der Waals surface area contributed by atoms with E-state index in [1.807, 2.05) is 0 Å². The van der Waals surface area contributed by atoms with E-state index in [2.05, 4.69) is 27.7 Å². The molecule has 0 aromatic heterocycles. The molecule has 0 saturated carbocycles. The summed E-state index contributed by atoms with van der Waals surface area (Å²) in [6.07, 6.45) is 65.0. The molecule has 0 amide bonds. The molecule has 0 aliphatic heterocycles. The van der Waals surface area contributed by atoms with Crippen molar-refractivity contribution in [2.75, 3.05) is 39.6 Å². The van der Waals surface area contributed by atoms with E-state index in [1.165, 1.54) is 257 Å². The Morgan fingerprint density at radius 1 is 0.245 bits per heavy atom. The molecule has 0 aromatic carbocycles. The van der Waals surface area contributed by atoms with Crippen molar-refractivity contribution in [1.82, 2.24) is 0 Å². The summed E-state index contributed by atoms with van der Waals surface area (Å²) in [5.41, 5.74) is 0. The van der Waals surface area contributed by atoms with Crippen molar-refractivity contribution in [2.24, 2.45) is 0 Å². The lowest BCUT2D eigenvalue weighted by Crippen LogP contribution is -2.30. The van der Waals surface area contributed by atoms with Gasteiger partial charge in [-0.15, -0.1) is 0 Å². The molecule has 0 spiro atoms. The van der Waals surface area contributed by atoms with Crippen LogP contribution >= 0.6 is 15.6 Å². The molecule has 0 aromatic rings. The first-order valence-corrected chi connectivity index (χ1v) is 44.3. The van der Waals surface area contributed by atoms with Crippen molar-refractivity contribution in [3.63, 3.8) is 0 Å². The van der Waals surface area contributed by atoms with Gasteiger partial charge < -0.3 is 33.8 Å². The summed E-state index contributed by atoms with van der Waals surface area (Å²) in [4.78, 5) is 73.0. The largest absolute Gasteiger partial charge is 0.472 e. The van der Waals surface area contributed by atoms with Crippen LogP contribution in [0.4, 0.5) is 0 Å². The molecule has 98 heavy (non-hydrogen) atoms. The summed E-state index contributed by atoms with van der Waals surface area (Å²) in [6.45, 7) is 5.03. The number of rotatable bonds is 80. The molecular formula is C79H154O17P2. The minimum Gasteiger partial charge on any atom is -0.462 e. The Morgan fingerprint density at radius 2 is 0.408 bits per heavy atom. The van der Waals surface area contributed by atoms with Gasteiger partial charge in [0.15, 0.2) is 12.2 Å². The average molecular weight is 1440 g/mol. The molecular weight excluding hydrogens is 1280 g/mol. The van der Waals surface area contributed by atoms with Gasteiger partial charge in [0.25, 0.3) is 0 Å². The lowest BCUT2D eigenvalue weighted by molar-refractivity contribution is -0.161. The van der Waals surface area contributed by atoms with Crippen LogP contribution in [0, 0.1) is 0 Å². The summed E-state index contributed by atoms with van der Waals surface area (Å²) in [7, 11) is -9.91. The number of ether oxygens (including phenoxy) is 4. The third kappa shape index (κ3) is 72.4. The van der Waals surface area contributed by atoms with Gasteiger partial charge in [-0.2, -0.15) is 0 Å². The second-order valence-electron chi connectivity index (χ2n) is 28.5. The lowest BCUT2D eigenvalue weighted by Gasteiger charge is -2.21. The van der Waals surface area contributed by atoms with Crippen molar-refractivity contribution in [1.29, 1.82) is 0 Å². The normalized spacial score (nSPS) is 13.8. The van der Waals surface area contributed by atoms with Crippen molar-refractivity contribution >= 4 is 39.5 Å². The van der Waals surface area contributed by atoms with Crippen molar-refractivity contribution in [3.8, 4) is 0 Å². The van der Waals surface area contributed by atoms with Gasteiger partial charge in [-0.05, 0) is 25.7 Å². The number of carbonyl (C=O) groups excluding carboxylic acids is 4. The van der Waals surface area contributed by atoms with E-state index in [9.17, 15) is 43.2 Å². The topological polar surface area (TPSA) is 237 Å². The zero-order chi connectivity index (χ0) is 71.8. The first-order chi connectivity index (χ1) is 47.7. The first-order valence-electron chi connectivity index (χ1n) is 41.3. The highest BCUT2D eigenvalue weighted by atomic mass is 31.2. The summed E-state index contributed by atoms with van der Waals surface area (Å²) >= 11 is 0. The third-order valence-corrected chi connectivity index (χ3v) is 20.5. The molecule has 3 N–H and O–H groups in total. The van der Waals surface area contributed by atoms with E-state index >= 15 is 0 Å². The van der Waals surface area contributed by atoms with Gasteiger partial charge in [-0.1, -0.05) is 374 Å². The molecule has 17 nitrogen and oxygen atoms in total. The Labute approximate surface area is 600 Å². The molecule has 5 atom stereocenters. The monoisotopic (exact) mass is 1440 g/mol. The Hall–Kier alpha value is -1.94. The number of carbonyl (C=O) groups is 4. The van der Waals surface area contributed by atoms with Crippen LogP contribution in [0.5, 0.6) is 0 Å². The van der Waals surface area contributed by atoms with E-state index < -0.39 is 97.5 Å². The van der Waals surface area contributed by atoms with Gasteiger partial charge >= 0.3 is 39.5 Å². The van der Waals surface area contributed by atoms with E-state index in [0.717, 1.165) is 89.9 Å². The maximum atomic E-state index is 13.1. The molecule has 0 rings (SSSR count). The summed E-state index contributed by atoms with van der Waals surface area (Å²) < 4.78 is 68.7. The molecule has 19 heteroatoms. The highest BCUT2D eigenvalue weighted by molar-refractivity contribution is 7.47. The molecule has 0 fully saturated rings.